The van der Waals surface area contributed by atoms with E-state index in [0.29, 0.717) is 24.3 Å². The third kappa shape index (κ3) is 5.20. The van der Waals surface area contributed by atoms with Gasteiger partial charge in [0.05, 0.1) is 18.4 Å². The highest BCUT2D eigenvalue weighted by molar-refractivity contribution is 6.01. The molecule has 0 aliphatic rings. The van der Waals surface area contributed by atoms with Crippen LogP contribution in [-0.4, -0.2) is 42.9 Å². The lowest BCUT2D eigenvalue weighted by atomic mass is 10.1. The molecule has 0 atom stereocenters. The predicted molar refractivity (Wildman–Crippen MR) is 83.6 cm³/mol. The van der Waals surface area contributed by atoms with Crippen LogP contribution < -0.4 is 5.32 Å². The van der Waals surface area contributed by atoms with Gasteiger partial charge in [0.1, 0.15) is 0 Å². The lowest BCUT2D eigenvalue weighted by Crippen LogP contribution is -2.32. The van der Waals surface area contributed by atoms with Crippen LogP contribution in [0.25, 0.3) is 0 Å². The van der Waals surface area contributed by atoms with E-state index in [1.54, 1.807) is 29.2 Å². The molecule has 0 saturated carbocycles. The van der Waals surface area contributed by atoms with Gasteiger partial charge in [0.25, 0.3) is 0 Å². The molecule has 1 N–H and O–H groups in total. The topological polar surface area (TPSA) is 75.7 Å². The number of para-hydroxylation sites is 1. The van der Waals surface area contributed by atoms with Crippen LogP contribution in [0.1, 0.15) is 37.0 Å². The Hall–Kier alpha value is -2.37. The van der Waals surface area contributed by atoms with Crippen LogP contribution in [-0.2, 0) is 14.3 Å². The van der Waals surface area contributed by atoms with Crippen molar-refractivity contribution >= 4 is 23.5 Å². The first kappa shape index (κ1) is 17.7. The number of nitrogens with zero attached hydrogens (tertiary/aromatic N) is 1. The summed E-state index contributed by atoms with van der Waals surface area (Å²) in [6.45, 7) is 4.44. The van der Waals surface area contributed by atoms with Gasteiger partial charge in [-0.15, -0.1) is 0 Å². The molecule has 0 aliphatic heterocycles. The number of nitrogens with one attached hydrogen (secondary N) is 1. The Bertz CT molecular complexity index is 543. The Morgan fingerprint density at radius 3 is 2.45 bits per heavy atom. The summed E-state index contributed by atoms with van der Waals surface area (Å²) >= 11 is 0. The van der Waals surface area contributed by atoms with Gasteiger partial charge in [-0.05, 0) is 18.6 Å². The Balaban J connectivity index is 2.66. The normalized spacial score (nSPS) is 9.95. The molecule has 0 fully saturated rings. The highest BCUT2D eigenvalue weighted by Crippen LogP contribution is 2.16. The zero-order chi connectivity index (χ0) is 16.5. The molecule has 1 aromatic rings. The summed E-state index contributed by atoms with van der Waals surface area (Å²) in [6.07, 6.45) is 1.02. The molecule has 22 heavy (non-hydrogen) atoms. The van der Waals surface area contributed by atoms with E-state index in [-0.39, 0.29) is 18.2 Å². The van der Waals surface area contributed by atoms with Crippen LogP contribution >= 0.6 is 0 Å². The number of hydrogen-bond donors (Lipinski definition) is 1. The van der Waals surface area contributed by atoms with Gasteiger partial charge in [0.2, 0.25) is 11.8 Å². The van der Waals surface area contributed by atoms with E-state index >= 15 is 0 Å². The lowest BCUT2D eigenvalue weighted by Gasteiger charge is -2.20. The fraction of sp³-hybridized carbons (Fsp3) is 0.438. The fourth-order valence-corrected chi connectivity index (χ4v) is 2.03. The molecule has 0 aromatic heterocycles. The van der Waals surface area contributed by atoms with Crippen molar-refractivity contribution in [1.29, 1.82) is 0 Å². The number of ether oxygens (including phenoxy) is 1. The van der Waals surface area contributed by atoms with Gasteiger partial charge in [-0.2, -0.15) is 0 Å². The number of anilines is 1. The number of carbonyl (C=O) groups excluding carboxylic acids is 3. The molecule has 6 heteroatoms. The van der Waals surface area contributed by atoms with Gasteiger partial charge in [0.15, 0.2) is 0 Å². The summed E-state index contributed by atoms with van der Waals surface area (Å²) in [4.78, 5) is 36.7. The first-order valence-electron chi connectivity index (χ1n) is 7.22. The van der Waals surface area contributed by atoms with Gasteiger partial charge >= 0.3 is 5.97 Å². The molecule has 0 spiro atoms. The monoisotopic (exact) mass is 306 g/mol. The minimum absolute atomic E-state index is 0.0513. The summed E-state index contributed by atoms with van der Waals surface area (Å²) in [5.74, 6) is -0.810. The number of hydrogen-bond acceptors (Lipinski definition) is 4. The predicted octanol–water partition coefficient (Wildman–Crippen LogP) is 2.06. The van der Waals surface area contributed by atoms with Gasteiger partial charge < -0.3 is 15.0 Å². The lowest BCUT2D eigenvalue weighted by molar-refractivity contribution is -0.129. The third-order valence-corrected chi connectivity index (χ3v) is 3.15. The third-order valence-electron chi connectivity index (χ3n) is 3.15. The molecule has 120 valence electrons. The molecule has 0 aliphatic carbocycles. The SMILES string of the molecule is CCCN(CCC(=O)Nc1ccccc1C(=O)OC)C(C)=O. The van der Waals surface area contributed by atoms with E-state index in [4.69, 9.17) is 0 Å². The first-order chi connectivity index (χ1) is 10.5. The van der Waals surface area contributed by atoms with Crippen molar-refractivity contribution in [2.75, 3.05) is 25.5 Å². The van der Waals surface area contributed by atoms with Crippen molar-refractivity contribution in [3.63, 3.8) is 0 Å². The Morgan fingerprint density at radius 2 is 1.86 bits per heavy atom. The molecule has 0 saturated heterocycles. The second-order valence-corrected chi connectivity index (χ2v) is 4.84. The largest absolute Gasteiger partial charge is 0.465 e. The van der Waals surface area contributed by atoms with Gasteiger partial charge in [-0.25, -0.2) is 4.79 Å². The van der Waals surface area contributed by atoms with E-state index in [2.05, 4.69) is 10.1 Å². The number of rotatable bonds is 7. The van der Waals surface area contributed by atoms with Crippen molar-refractivity contribution in [2.45, 2.75) is 26.7 Å². The quantitative estimate of drug-likeness (QED) is 0.782. The van der Waals surface area contributed by atoms with Crippen molar-refractivity contribution in [3.05, 3.63) is 29.8 Å². The molecule has 1 aromatic carbocycles. The second-order valence-electron chi connectivity index (χ2n) is 4.84. The minimum Gasteiger partial charge on any atom is -0.465 e. The Kier molecular flexibility index (Phi) is 7.08. The van der Waals surface area contributed by atoms with Crippen LogP contribution in [0.15, 0.2) is 24.3 Å². The van der Waals surface area contributed by atoms with Gasteiger partial charge in [-0.1, -0.05) is 19.1 Å². The zero-order valence-corrected chi connectivity index (χ0v) is 13.2. The van der Waals surface area contributed by atoms with Crippen LogP contribution in [0, 0.1) is 0 Å². The van der Waals surface area contributed by atoms with Crippen molar-refractivity contribution in [3.8, 4) is 0 Å². The highest BCUT2D eigenvalue weighted by Gasteiger charge is 2.14. The molecule has 6 nitrogen and oxygen atoms in total. The van der Waals surface area contributed by atoms with Crippen LogP contribution in [0.3, 0.4) is 0 Å². The summed E-state index contributed by atoms with van der Waals surface area (Å²) in [5.41, 5.74) is 0.708. The number of methoxy groups -OCH3 is 1. The number of benzene rings is 1. The number of esters is 1. The second kappa shape index (κ2) is 8.81. The smallest absolute Gasteiger partial charge is 0.339 e. The maximum Gasteiger partial charge on any atom is 0.339 e. The Labute approximate surface area is 130 Å². The maximum absolute atomic E-state index is 12.0. The fourth-order valence-electron chi connectivity index (χ4n) is 2.03. The first-order valence-corrected chi connectivity index (χ1v) is 7.22. The molecule has 0 unspecified atom stereocenters. The molecular weight excluding hydrogens is 284 g/mol. The van der Waals surface area contributed by atoms with Crippen molar-refractivity contribution in [2.24, 2.45) is 0 Å². The van der Waals surface area contributed by atoms with E-state index in [0.717, 1.165) is 6.42 Å². The summed E-state index contributed by atoms with van der Waals surface area (Å²) in [5, 5.41) is 2.68. The van der Waals surface area contributed by atoms with E-state index < -0.39 is 5.97 Å². The summed E-state index contributed by atoms with van der Waals surface area (Å²) < 4.78 is 4.68. The molecule has 0 heterocycles. The number of amides is 2. The minimum atomic E-state index is -0.507. The van der Waals surface area contributed by atoms with E-state index in [1.165, 1.54) is 14.0 Å². The molecule has 0 bridgehead atoms. The molecule has 1 rings (SSSR count). The molecule has 0 radical (unpaired) electrons. The van der Waals surface area contributed by atoms with E-state index in [1.807, 2.05) is 6.92 Å². The zero-order valence-electron chi connectivity index (χ0n) is 13.2. The van der Waals surface area contributed by atoms with Crippen LogP contribution in [0.4, 0.5) is 5.69 Å². The maximum atomic E-state index is 12.0. The summed E-state index contributed by atoms with van der Waals surface area (Å²) in [7, 11) is 1.29. The average molecular weight is 306 g/mol. The van der Waals surface area contributed by atoms with Gasteiger partial charge in [0, 0.05) is 26.4 Å². The summed E-state index contributed by atoms with van der Waals surface area (Å²) in [6, 6.07) is 6.64. The Morgan fingerprint density at radius 1 is 1.18 bits per heavy atom. The highest BCUT2D eigenvalue weighted by atomic mass is 16.5. The van der Waals surface area contributed by atoms with Crippen molar-refractivity contribution < 1.29 is 19.1 Å². The molecule has 2 amide bonds. The standard InChI is InChI=1S/C16H22N2O4/c1-4-10-18(12(2)19)11-9-15(20)17-14-8-6-5-7-13(14)16(21)22-3/h5-8H,4,9-11H2,1-3H3,(H,17,20). The van der Waals surface area contributed by atoms with Gasteiger partial charge in [-0.3, -0.25) is 9.59 Å². The average Bonchev–Trinajstić information content (AvgIpc) is 2.50. The number of carbonyl (C=O) groups is 3. The molecular formula is C16H22N2O4. The van der Waals surface area contributed by atoms with Crippen molar-refractivity contribution in [1.82, 2.24) is 4.90 Å². The van der Waals surface area contributed by atoms with E-state index in [9.17, 15) is 14.4 Å². The van der Waals surface area contributed by atoms with Crippen LogP contribution in [0.5, 0.6) is 0 Å². The van der Waals surface area contributed by atoms with Crippen LogP contribution in [0.2, 0.25) is 0 Å².